The van der Waals surface area contributed by atoms with Gasteiger partial charge >= 0.3 is 12.2 Å². The van der Waals surface area contributed by atoms with E-state index in [1.54, 1.807) is 70.9 Å². The third-order valence-electron chi connectivity index (χ3n) is 4.30. The molecule has 0 aliphatic carbocycles. The number of nitriles is 1. The molecule has 34 heavy (non-hydrogen) atoms. The molecule has 2 heterocycles. The summed E-state index contributed by atoms with van der Waals surface area (Å²) in [5.74, 6) is 0.701. The molecule has 2 rings (SSSR count). The van der Waals surface area contributed by atoms with Gasteiger partial charge in [-0.3, -0.25) is 4.57 Å². The number of imidazole rings is 1. The van der Waals surface area contributed by atoms with Gasteiger partial charge in [-0.2, -0.15) is 5.26 Å². The number of nitrogens with zero attached hydrogens (tertiary/aromatic N) is 5. The Balaban J connectivity index is 2.07. The SMILES string of the molecule is Cc1ccc(-n2cnc(C(C#N)=CCCCN(C(=O)OC(C)(C)C)C(=O)OC(C)(C)C)c2)nc1. The summed E-state index contributed by atoms with van der Waals surface area (Å²) in [5.41, 5.74) is 0.452. The fourth-order valence-corrected chi connectivity index (χ4v) is 2.79. The fraction of sp³-hybridized carbons (Fsp3) is 0.480. The van der Waals surface area contributed by atoms with Crippen molar-refractivity contribution in [3.05, 3.63) is 48.2 Å². The minimum absolute atomic E-state index is 0.0841. The van der Waals surface area contributed by atoms with E-state index in [9.17, 15) is 14.9 Å². The van der Waals surface area contributed by atoms with Crippen LogP contribution in [-0.2, 0) is 9.47 Å². The van der Waals surface area contributed by atoms with Crippen molar-refractivity contribution in [2.75, 3.05) is 6.54 Å². The topological polar surface area (TPSA) is 110 Å². The van der Waals surface area contributed by atoms with Crippen LogP contribution in [0.2, 0.25) is 0 Å². The van der Waals surface area contributed by atoms with Crippen LogP contribution in [0.4, 0.5) is 9.59 Å². The molecule has 0 saturated carbocycles. The largest absolute Gasteiger partial charge is 0.443 e. The first kappa shape index (κ1) is 26.6. The molecule has 0 aliphatic heterocycles. The third-order valence-corrected chi connectivity index (χ3v) is 4.30. The second-order valence-electron chi connectivity index (χ2n) is 9.84. The molecule has 2 aromatic heterocycles. The molecule has 0 radical (unpaired) electrons. The summed E-state index contributed by atoms with van der Waals surface area (Å²) < 4.78 is 12.5. The third kappa shape index (κ3) is 8.35. The Hall–Kier alpha value is -3.67. The number of carbonyl (C=O) groups is 2. The van der Waals surface area contributed by atoms with Gasteiger partial charge in [-0.1, -0.05) is 12.1 Å². The van der Waals surface area contributed by atoms with E-state index in [-0.39, 0.29) is 6.54 Å². The number of allylic oxidation sites excluding steroid dienone is 2. The van der Waals surface area contributed by atoms with Gasteiger partial charge in [0.25, 0.3) is 0 Å². The second-order valence-corrected chi connectivity index (χ2v) is 9.84. The Morgan fingerprint density at radius 3 is 2.21 bits per heavy atom. The number of aryl methyl sites for hydroxylation is 1. The van der Waals surface area contributed by atoms with E-state index in [0.717, 1.165) is 10.5 Å². The second kappa shape index (κ2) is 11.0. The lowest BCUT2D eigenvalue weighted by Gasteiger charge is -2.28. The number of amides is 2. The normalized spacial score (nSPS) is 12.1. The molecule has 0 unspecified atom stereocenters. The van der Waals surface area contributed by atoms with Gasteiger partial charge in [0, 0.05) is 18.9 Å². The van der Waals surface area contributed by atoms with E-state index >= 15 is 0 Å². The molecular formula is C25H33N5O4. The maximum atomic E-state index is 12.6. The van der Waals surface area contributed by atoms with E-state index in [0.29, 0.717) is 29.9 Å². The number of ether oxygens (including phenoxy) is 2. The predicted molar refractivity (Wildman–Crippen MR) is 128 cm³/mol. The predicted octanol–water partition coefficient (Wildman–Crippen LogP) is 5.44. The van der Waals surface area contributed by atoms with Gasteiger partial charge in [-0.15, -0.1) is 0 Å². The quantitative estimate of drug-likeness (QED) is 0.411. The molecule has 0 saturated heterocycles. The highest BCUT2D eigenvalue weighted by Gasteiger charge is 2.30. The molecule has 0 fully saturated rings. The van der Waals surface area contributed by atoms with Crippen LogP contribution < -0.4 is 0 Å². The number of aromatic nitrogens is 3. The van der Waals surface area contributed by atoms with Crippen molar-refractivity contribution in [3.63, 3.8) is 0 Å². The lowest BCUT2D eigenvalue weighted by atomic mass is 10.1. The van der Waals surface area contributed by atoms with Gasteiger partial charge in [0.2, 0.25) is 0 Å². The Morgan fingerprint density at radius 2 is 1.71 bits per heavy atom. The van der Waals surface area contributed by atoms with Gasteiger partial charge < -0.3 is 9.47 Å². The zero-order valence-corrected chi connectivity index (χ0v) is 21.0. The van der Waals surface area contributed by atoms with Crippen LogP contribution in [0.5, 0.6) is 0 Å². The zero-order valence-electron chi connectivity index (χ0n) is 21.0. The summed E-state index contributed by atoms with van der Waals surface area (Å²) in [6.45, 7) is 12.4. The molecule has 9 nitrogen and oxygen atoms in total. The highest BCUT2D eigenvalue weighted by Crippen LogP contribution is 2.17. The minimum atomic E-state index is -0.768. The van der Waals surface area contributed by atoms with E-state index in [1.807, 2.05) is 19.1 Å². The van der Waals surface area contributed by atoms with Crippen LogP contribution in [-0.4, -0.2) is 49.4 Å². The monoisotopic (exact) mass is 467 g/mol. The van der Waals surface area contributed by atoms with Gasteiger partial charge in [-0.05, 0) is 72.9 Å². The molecular weight excluding hydrogens is 434 g/mol. The molecule has 2 aromatic rings. The summed E-state index contributed by atoms with van der Waals surface area (Å²) in [6.07, 6.45) is 6.16. The standard InChI is InChI=1S/C25H33N5O4/c1-18-11-12-21(27-15-18)29-16-20(28-17-29)19(14-26)10-8-9-13-30(22(31)33-24(2,3)4)23(32)34-25(5,6)7/h10-12,15-17H,8-9,13H2,1-7H3. The first-order chi connectivity index (χ1) is 15.8. The smallest absolute Gasteiger partial charge is 0.419 e. The van der Waals surface area contributed by atoms with Gasteiger partial charge in [0.05, 0.1) is 11.3 Å². The Morgan fingerprint density at radius 1 is 1.09 bits per heavy atom. The van der Waals surface area contributed by atoms with Crippen molar-refractivity contribution in [3.8, 4) is 11.9 Å². The van der Waals surface area contributed by atoms with Gasteiger partial charge in [-0.25, -0.2) is 24.5 Å². The van der Waals surface area contributed by atoms with Crippen molar-refractivity contribution in [1.82, 2.24) is 19.4 Å². The van der Waals surface area contributed by atoms with Crippen molar-refractivity contribution < 1.29 is 19.1 Å². The number of carbonyl (C=O) groups excluding carboxylic acids is 2. The van der Waals surface area contributed by atoms with Crippen LogP contribution in [0.1, 0.15) is 65.6 Å². The molecule has 0 bridgehead atoms. The van der Waals surface area contributed by atoms with Crippen molar-refractivity contribution >= 4 is 17.8 Å². The molecule has 0 N–H and O–H groups in total. The lowest BCUT2D eigenvalue weighted by molar-refractivity contribution is 0.00133. The summed E-state index contributed by atoms with van der Waals surface area (Å²) >= 11 is 0. The fourth-order valence-electron chi connectivity index (χ4n) is 2.79. The number of imide groups is 1. The molecule has 0 aromatic carbocycles. The zero-order chi connectivity index (χ0) is 25.5. The molecule has 9 heteroatoms. The van der Waals surface area contributed by atoms with Crippen molar-refractivity contribution in [1.29, 1.82) is 5.26 Å². The van der Waals surface area contributed by atoms with Crippen LogP contribution in [0.25, 0.3) is 11.4 Å². The van der Waals surface area contributed by atoms with E-state index in [4.69, 9.17) is 9.47 Å². The number of hydrogen-bond acceptors (Lipinski definition) is 7. The summed E-state index contributed by atoms with van der Waals surface area (Å²) in [5, 5.41) is 9.59. The van der Waals surface area contributed by atoms with Crippen LogP contribution in [0.15, 0.2) is 36.9 Å². The first-order valence-electron chi connectivity index (χ1n) is 11.1. The van der Waals surface area contributed by atoms with Crippen molar-refractivity contribution in [2.24, 2.45) is 0 Å². The number of pyridine rings is 1. The van der Waals surface area contributed by atoms with E-state index in [1.165, 1.54) is 0 Å². The van der Waals surface area contributed by atoms with Gasteiger partial charge in [0.15, 0.2) is 0 Å². The summed E-state index contributed by atoms with van der Waals surface area (Å²) in [7, 11) is 0. The minimum Gasteiger partial charge on any atom is -0.443 e. The van der Waals surface area contributed by atoms with E-state index in [2.05, 4.69) is 16.0 Å². The van der Waals surface area contributed by atoms with Crippen molar-refractivity contribution in [2.45, 2.75) is 72.5 Å². The average Bonchev–Trinajstić information content (AvgIpc) is 3.18. The van der Waals surface area contributed by atoms with E-state index < -0.39 is 23.4 Å². The van der Waals surface area contributed by atoms with Crippen LogP contribution >= 0.6 is 0 Å². The Bertz CT molecular complexity index is 1040. The van der Waals surface area contributed by atoms with Crippen LogP contribution in [0.3, 0.4) is 0 Å². The molecule has 0 spiro atoms. The maximum Gasteiger partial charge on any atom is 0.419 e. The molecule has 2 amide bonds. The average molecular weight is 468 g/mol. The maximum absolute atomic E-state index is 12.6. The highest BCUT2D eigenvalue weighted by atomic mass is 16.6. The molecule has 0 atom stereocenters. The Labute approximate surface area is 201 Å². The van der Waals surface area contributed by atoms with Crippen LogP contribution in [0, 0.1) is 18.3 Å². The number of rotatable bonds is 6. The Kier molecular flexibility index (Phi) is 8.57. The number of unbranched alkanes of at least 4 members (excludes halogenated alkanes) is 1. The molecule has 0 aliphatic rings. The summed E-state index contributed by atoms with van der Waals surface area (Å²) in [6, 6.07) is 5.98. The summed E-state index contributed by atoms with van der Waals surface area (Å²) in [4.78, 5) is 34.7. The van der Waals surface area contributed by atoms with Gasteiger partial charge in [0.1, 0.15) is 29.4 Å². The first-order valence-corrected chi connectivity index (χ1v) is 11.1. The molecule has 182 valence electrons. The highest BCUT2D eigenvalue weighted by molar-refractivity contribution is 5.88. The number of hydrogen-bond donors (Lipinski definition) is 0. The lowest BCUT2D eigenvalue weighted by Crippen LogP contribution is -2.44.